The molecule has 0 saturated heterocycles. The van der Waals surface area contributed by atoms with Crippen LogP contribution in [0.2, 0.25) is 0 Å². The lowest BCUT2D eigenvalue weighted by Gasteiger charge is -2.13. The second-order valence-electron chi connectivity index (χ2n) is 8.66. The van der Waals surface area contributed by atoms with Crippen molar-refractivity contribution in [2.24, 2.45) is 5.10 Å². The molecule has 4 aromatic carbocycles. The lowest BCUT2D eigenvalue weighted by atomic mass is 10.2. The Balaban J connectivity index is 1.20. The van der Waals surface area contributed by atoms with Crippen molar-refractivity contribution in [2.75, 3.05) is 6.61 Å². The van der Waals surface area contributed by atoms with Crippen LogP contribution in [0.15, 0.2) is 108 Å². The summed E-state index contributed by atoms with van der Waals surface area (Å²) in [6.45, 7) is 4.55. The first-order chi connectivity index (χ1) is 19.5. The fraction of sp³-hybridized carbons (Fsp3) is 0.156. The van der Waals surface area contributed by atoms with Gasteiger partial charge >= 0.3 is 5.97 Å². The monoisotopic (exact) mass is 538 g/mol. The second-order valence-corrected chi connectivity index (χ2v) is 8.66. The summed E-state index contributed by atoms with van der Waals surface area (Å²) in [7, 11) is 0. The average Bonchev–Trinajstić information content (AvgIpc) is 2.98. The third kappa shape index (κ3) is 8.46. The highest BCUT2D eigenvalue weighted by molar-refractivity contribution is 5.91. The molecule has 0 radical (unpaired) electrons. The van der Waals surface area contributed by atoms with Gasteiger partial charge in [0.25, 0.3) is 5.91 Å². The highest BCUT2D eigenvalue weighted by atomic mass is 16.5. The number of ether oxygens (including phenoxy) is 4. The summed E-state index contributed by atoms with van der Waals surface area (Å²) in [4.78, 5) is 24.7. The molecule has 40 heavy (non-hydrogen) atoms. The fourth-order valence-corrected chi connectivity index (χ4v) is 3.52. The quantitative estimate of drug-likeness (QED) is 0.106. The Morgan fingerprint density at radius 1 is 0.775 bits per heavy atom. The summed E-state index contributed by atoms with van der Waals surface area (Å²) in [5.74, 6) is 1.44. The van der Waals surface area contributed by atoms with Crippen LogP contribution in [0, 0.1) is 0 Å². The smallest absolute Gasteiger partial charge is 0.343 e. The number of hydrogen-bond donors (Lipinski definition) is 1. The number of amides is 1. The summed E-state index contributed by atoms with van der Waals surface area (Å²) < 4.78 is 22.3. The minimum Gasteiger partial charge on any atom is -0.494 e. The number of hydrogen-bond acceptors (Lipinski definition) is 7. The van der Waals surface area contributed by atoms with E-state index >= 15 is 0 Å². The van der Waals surface area contributed by atoms with Gasteiger partial charge in [-0.15, -0.1) is 0 Å². The zero-order valence-electron chi connectivity index (χ0n) is 22.3. The lowest BCUT2D eigenvalue weighted by Crippen LogP contribution is -2.33. The van der Waals surface area contributed by atoms with Gasteiger partial charge in [0, 0.05) is 0 Å². The van der Waals surface area contributed by atoms with Crippen molar-refractivity contribution in [1.29, 1.82) is 0 Å². The maximum absolute atomic E-state index is 12.4. The first-order valence-electron chi connectivity index (χ1n) is 12.8. The molecule has 0 spiro atoms. The number of carbonyl (C=O) groups is 2. The molecule has 204 valence electrons. The summed E-state index contributed by atoms with van der Waals surface area (Å²) in [5, 5.41) is 3.99. The zero-order valence-corrected chi connectivity index (χ0v) is 22.3. The van der Waals surface area contributed by atoms with E-state index in [1.54, 1.807) is 79.7 Å². The molecular formula is C32H30N2O6. The van der Waals surface area contributed by atoms with E-state index in [0.717, 1.165) is 5.56 Å². The number of benzene rings is 4. The largest absolute Gasteiger partial charge is 0.494 e. The van der Waals surface area contributed by atoms with Crippen molar-refractivity contribution in [3.05, 3.63) is 120 Å². The van der Waals surface area contributed by atoms with Crippen molar-refractivity contribution >= 4 is 18.1 Å². The maximum atomic E-state index is 12.4. The summed E-state index contributed by atoms with van der Waals surface area (Å²) in [6.07, 6.45) is 0.722. The molecule has 0 unspecified atom stereocenters. The van der Waals surface area contributed by atoms with Gasteiger partial charge in [-0.3, -0.25) is 4.79 Å². The molecule has 8 heteroatoms. The van der Waals surface area contributed by atoms with Crippen LogP contribution in [0.3, 0.4) is 0 Å². The molecular weight excluding hydrogens is 508 g/mol. The Morgan fingerprint density at radius 3 is 2.05 bits per heavy atom. The number of rotatable bonds is 12. The van der Waals surface area contributed by atoms with Crippen LogP contribution < -0.4 is 24.4 Å². The predicted octanol–water partition coefficient (Wildman–Crippen LogP) is 5.80. The van der Waals surface area contributed by atoms with Crippen molar-refractivity contribution < 1.29 is 28.5 Å². The molecule has 0 saturated carbocycles. The normalized spacial score (nSPS) is 11.4. The molecule has 4 rings (SSSR count). The van der Waals surface area contributed by atoms with E-state index in [1.165, 1.54) is 6.21 Å². The van der Waals surface area contributed by atoms with Gasteiger partial charge in [0.2, 0.25) is 0 Å². The number of hydrazone groups is 1. The molecule has 1 amide bonds. The van der Waals surface area contributed by atoms with Crippen LogP contribution in [0.5, 0.6) is 23.0 Å². The highest BCUT2D eigenvalue weighted by Gasteiger charge is 2.14. The van der Waals surface area contributed by atoms with E-state index in [2.05, 4.69) is 10.5 Å². The molecule has 0 aliphatic rings. The van der Waals surface area contributed by atoms with Crippen LogP contribution in [-0.4, -0.2) is 30.8 Å². The van der Waals surface area contributed by atoms with E-state index in [4.69, 9.17) is 18.9 Å². The van der Waals surface area contributed by atoms with Gasteiger partial charge in [0.05, 0.1) is 18.4 Å². The van der Waals surface area contributed by atoms with Gasteiger partial charge in [-0.25, -0.2) is 10.2 Å². The van der Waals surface area contributed by atoms with Gasteiger partial charge in [-0.2, -0.15) is 5.10 Å². The maximum Gasteiger partial charge on any atom is 0.343 e. The first-order valence-corrected chi connectivity index (χ1v) is 12.8. The van der Waals surface area contributed by atoms with Gasteiger partial charge < -0.3 is 18.9 Å². The van der Waals surface area contributed by atoms with E-state index in [0.29, 0.717) is 47.3 Å². The third-order valence-corrected chi connectivity index (χ3v) is 5.63. The van der Waals surface area contributed by atoms with Crippen molar-refractivity contribution in [3.8, 4) is 23.0 Å². The molecule has 0 aliphatic heterocycles. The zero-order chi connectivity index (χ0) is 28.2. The Morgan fingerprint density at radius 2 is 1.38 bits per heavy atom. The van der Waals surface area contributed by atoms with E-state index in [1.807, 2.05) is 37.3 Å². The third-order valence-electron chi connectivity index (χ3n) is 5.63. The molecule has 1 N–H and O–H groups in total. The van der Waals surface area contributed by atoms with Crippen LogP contribution in [-0.2, 0) is 11.4 Å². The molecule has 4 aromatic rings. The summed E-state index contributed by atoms with van der Waals surface area (Å²) in [5.41, 5.74) is 4.67. The SMILES string of the molecule is CCOc1ccc(C(=O)Oc2ccc(/C=N\NC(=O)[C@H](C)Oc3ccc(OCc4ccccc4)cc3)cc2)cc1. The molecule has 0 fully saturated rings. The van der Waals surface area contributed by atoms with Gasteiger partial charge in [0.1, 0.15) is 29.6 Å². The average molecular weight is 539 g/mol. The topological polar surface area (TPSA) is 95.5 Å². The van der Waals surface area contributed by atoms with Crippen molar-refractivity contribution in [1.82, 2.24) is 5.43 Å². The highest BCUT2D eigenvalue weighted by Crippen LogP contribution is 2.20. The Labute approximate surface area is 233 Å². The van der Waals surface area contributed by atoms with Crippen LogP contribution >= 0.6 is 0 Å². The number of nitrogens with zero attached hydrogens (tertiary/aromatic N) is 1. The fourth-order valence-electron chi connectivity index (χ4n) is 3.52. The van der Waals surface area contributed by atoms with E-state index in [-0.39, 0.29) is 0 Å². The molecule has 0 aliphatic carbocycles. The Kier molecular flexibility index (Phi) is 9.88. The molecule has 1 atom stereocenters. The van der Waals surface area contributed by atoms with E-state index in [9.17, 15) is 9.59 Å². The summed E-state index contributed by atoms with van der Waals surface area (Å²) in [6, 6.07) is 30.4. The lowest BCUT2D eigenvalue weighted by molar-refractivity contribution is -0.127. The van der Waals surface area contributed by atoms with Crippen LogP contribution in [0.4, 0.5) is 0 Å². The standard InChI is InChI=1S/C32H30N2O6/c1-3-37-27-15-11-26(12-16-27)32(36)40-30-13-9-24(10-14-30)21-33-34-31(35)23(2)39-29-19-17-28(18-20-29)38-22-25-7-5-4-6-8-25/h4-21,23H,3,22H2,1-2H3,(H,34,35)/b33-21-/t23-/m0/s1. The molecule has 0 bridgehead atoms. The first kappa shape index (κ1) is 27.9. The van der Waals surface area contributed by atoms with Crippen molar-refractivity contribution in [2.45, 2.75) is 26.6 Å². The minimum absolute atomic E-state index is 0.388. The van der Waals surface area contributed by atoms with Gasteiger partial charge in [0.15, 0.2) is 6.10 Å². The van der Waals surface area contributed by atoms with Gasteiger partial charge in [-0.1, -0.05) is 30.3 Å². The van der Waals surface area contributed by atoms with E-state index < -0.39 is 18.0 Å². The number of carbonyl (C=O) groups excluding carboxylic acids is 2. The van der Waals surface area contributed by atoms with Crippen molar-refractivity contribution in [3.63, 3.8) is 0 Å². The Bertz CT molecular complexity index is 1400. The molecule has 8 nitrogen and oxygen atoms in total. The molecule has 0 heterocycles. The molecule has 0 aromatic heterocycles. The Hall–Kier alpha value is -5.11. The van der Waals surface area contributed by atoms with Crippen LogP contribution in [0.25, 0.3) is 0 Å². The second kappa shape index (κ2) is 14.2. The minimum atomic E-state index is -0.766. The van der Waals surface area contributed by atoms with Crippen LogP contribution in [0.1, 0.15) is 35.3 Å². The predicted molar refractivity (Wildman–Crippen MR) is 152 cm³/mol. The summed E-state index contributed by atoms with van der Waals surface area (Å²) >= 11 is 0. The number of esters is 1. The van der Waals surface area contributed by atoms with Gasteiger partial charge in [-0.05, 0) is 97.8 Å². The number of nitrogens with one attached hydrogen (secondary N) is 1.